The highest BCUT2D eigenvalue weighted by Crippen LogP contribution is 2.25. The Labute approximate surface area is 88.7 Å². The Hall–Kier alpha value is -1.45. The second-order valence-corrected chi connectivity index (χ2v) is 3.69. The number of fused-ring (bicyclic) bond motifs is 1. The fourth-order valence-corrected chi connectivity index (χ4v) is 1.98. The Balaban J connectivity index is 2.49. The first-order chi connectivity index (χ1) is 7.35. The van der Waals surface area contributed by atoms with Gasteiger partial charge in [0, 0.05) is 5.56 Å². The minimum Gasteiger partial charge on any atom is -0.481 e. The van der Waals surface area contributed by atoms with Gasteiger partial charge in [0.25, 0.3) is 0 Å². The van der Waals surface area contributed by atoms with E-state index in [2.05, 4.69) is 9.97 Å². The zero-order valence-corrected chi connectivity index (χ0v) is 8.82. The van der Waals surface area contributed by atoms with Crippen LogP contribution >= 0.6 is 0 Å². The molecule has 0 amide bonds. The van der Waals surface area contributed by atoms with E-state index in [1.807, 2.05) is 0 Å². The molecule has 1 heterocycles. The third-order valence-electron chi connectivity index (χ3n) is 2.71. The van der Waals surface area contributed by atoms with Crippen molar-refractivity contribution in [1.29, 1.82) is 0 Å². The van der Waals surface area contributed by atoms with Gasteiger partial charge in [0.05, 0.1) is 12.8 Å². The highest BCUT2D eigenvalue weighted by molar-refractivity contribution is 5.69. The fraction of sp³-hybridized carbons (Fsp3) is 0.545. The maximum atomic E-state index is 10.7. The predicted octanol–water partition coefficient (Wildman–Crippen LogP) is 1.57. The third-order valence-corrected chi connectivity index (χ3v) is 2.71. The summed E-state index contributed by atoms with van der Waals surface area (Å²) in [6.07, 6.45) is 6.04. The lowest BCUT2D eigenvalue weighted by Crippen LogP contribution is -2.06. The number of nitrogens with zero attached hydrogens (tertiary/aromatic N) is 2. The molecule has 0 atom stereocenters. The van der Waals surface area contributed by atoms with Crippen molar-refractivity contribution in [3.63, 3.8) is 0 Å². The molecule has 0 spiro atoms. The molecule has 4 heteroatoms. The SMILES string of the molecule is COc1nc(C=O)nc2c1CCCCC2. The van der Waals surface area contributed by atoms with Crippen LogP contribution in [0.5, 0.6) is 5.88 Å². The highest BCUT2D eigenvalue weighted by Gasteiger charge is 2.16. The molecule has 80 valence electrons. The summed E-state index contributed by atoms with van der Waals surface area (Å²) in [7, 11) is 1.59. The van der Waals surface area contributed by atoms with Crippen molar-refractivity contribution in [2.75, 3.05) is 7.11 Å². The van der Waals surface area contributed by atoms with Gasteiger partial charge >= 0.3 is 0 Å². The lowest BCUT2D eigenvalue weighted by atomic mass is 10.1. The van der Waals surface area contributed by atoms with Crippen molar-refractivity contribution in [3.05, 3.63) is 17.1 Å². The van der Waals surface area contributed by atoms with Crippen LogP contribution in [-0.4, -0.2) is 23.4 Å². The summed E-state index contributed by atoms with van der Waals surface area (Å²) in [4.78, 5) is 19.0. The molecule has 1 aliphatic carbocycles. The van der Waals surface area contributed by atoms with Gasteiger partial charge in [-0.3, -0.25) is 4.79 Å². The van der Waals surface area contributed by atoms with Gasteiger partial charge in [0.15, 0.2) is 12.1 Å². The number of aryl methyl sites for hydroxylation is 1. The minimum atomic E-state index is 0.229. The van der Waals surface area contributed by atoms with Crippen molar-refractivity contribution in [2.24, 2.45) is 0 Å². The molecular formula is C11H14N2O2. The molecule has 1 aromatic heterocycles. The number of hydrogen-bond donors (Lipinski definition) is 0. The Morgan fingerprint density at radius 3 is 2.73 bits per heavy atom. The Morgan fingerprint density at radius 2 is 2.00 bits per heavy atom. The van der Waals surface area contributed by atoms with Crippen LogP contribution in [0.3, 0.4) is 0 Å². The predicted molar refractivity (Wildman–Crippen MR) is 55.2 cm³/mol. The van der Waals surface area contributed by atoms with Crippen LogP contribution in [0.4, 0.5) is 0 Å². The van der Waals surface area contributed by atoms with E-state index in [-0.39, 0.29) is 5.82 Å². The lowest BCUT2D eigenvalue weighted by molar-refractivity contribution is 0.111. The number of ether oxygens (including phenoxy) is 1. The zero-order valence-electron chi connectivity index (χ0n) is 8.82. The van der Waals surface area contributed by atoms with E-state index >= 15 is 0 Å². The molecule has 0 radical (unpaired) electrons. The van der Waals surface area contributed by atoms with E-state index in [1.54, 1.807) is 7.11 Å². The van der Waals surface area contributed by atoms with Gasteiger partial charge in [-0.25, -0.2) is 4.98 Å². The van der Waals surface area contributed by atoms with Crippen LogP contribution in [0.2, 0.25) is 0 Å². The Morgan fingerprint density at radius 1 is 1.20 bits per heavy atom. The van der Waals surface area contributed by atoms with E-state index in [0.29, 0.717) is 12.2 Å². The monoisotopic (exact) mass is 206 g/mol. The number of hydrogen-bond acceptors (Lipinski definition) is 4. The Bertz CT molecular complexity index is 377. The van der Waals surface area contributed by atoms with Gasteiger partial charge in [-0.2, -0.15) is 4.98 Å². The molecule has 1 aromatic rings. The molecule has 4 nitrogen and oxygen atoms in total. The van der Waals surface area contributed by atoms with Gasteiger partial charge in [-0.05, 0) is 25.7 Å². The molecule has 0 saturated heterocycles. The topological polar surface area (TPSA) is 52.1 Å². The smallest absolute Gasteiger partial charge is 0.220 e. The lowest BCUT2D eigenvalue weighted by Gasteiger charge is -2.09. The van der Waals surface area contributed by atoms with Crippen LogP contribution in [0.1, 0.15) is 41.1 Å². The second-order valence-electron chi connectivity index (χ2n) is 3.69. The van der Waals surface area contributed by atoms with E-state index in [9.17, 15) is 4.79 Å². The van der Waals surface area contributed by atoms with Gasteiger partial charge < -0.3 is 4.74 Å². The van der Waals surface area contributed by atoms with Gasteiger partial charge in [-0.1, -0.05) is 6.42 Å². The number of rotatable bonds is 2. The molecule has 2 rings (SSSR count). The maximum Gasteiger partial charge on any atom is 0.220 e. The summed E-state index contributed by atoms with van der Waals surface area (Å²) < 4.78 is 5.20. The summed E-state index contributed by atoms with van der Waals surface area (Å²) in [5, 5.41) is 0. The maximum absolute atomic E-state index is 10.7. The average Bonchev–Trinajstić information content (AvgIpc) is 2.52. The molecule has 0 aromatic carbocycles. The Kier molecular flexibility index (Phi) is 2.94. The molecule has 0 fully saturated rings. The van der Waals surface area contributed by atoms with Crippen LogP contribution in [0, 0.1) is 0 Å². The van der Waals surface area contributed by atoms with Crippen molar-refractivity contribution < 1.29 is 9.53 Å². The number of aromatic nitrogens is 2. The number of methoxy groups -OCH3 is 1. The van der Waals surface area contributed by atoms with Crippen LogP contribution < -0.4 is 4.74 Å². The molecule has 0 saturated carbocycles. The van der Waals surface area contributed by atoms with Crippen LogP contribution in [0.15, 0.2) is 0 Å². The highest BCUT2D eigenvalue weighted by atomic mass is 16.5. The third kappa shape index (κ3) is 1.98. The quantitative estimate of drug-likeness (QED) is 0.544. The molecule has 1 aliphatic rings. The minimum absolute atomic E-state index is 0.229. The normalized spacial score (nSPS) is 15.3. The molecule has 0 bridgehead atoms. The van der Waals surface area contributed by atoms with Crippen LogP contribution in [-0.2, 0) is 12.8 Å². The molecule has 0 N–H and O–H groups in total. The first-order valence-corrected chi connectivity index (χ1v) is 5.24. The van der Waals surface area contributed by atoms with Gasteiger partial charge in [0.2, 0.25) is 5.88 Å². The number of carbonyl (C=O) groups is 1. The van der Waals surface area contributed by atoms with Gasteiger partial charge in [0.1, 0.15) is 0 Å². The summed E-state index contributed by atoms with van der Waals surface area (Å²) in [5.41, 5.74) is 2.07. The summed E-state index contributed by atoms with van der Waals surface area (Å²) >= 11 is 0. The van der Waals surface area contributed by atoms with Crippen molar-refractivity contribution in [3.8, 4) is 5.88 Å². The molecular weight excluding hydrogens is 192 g/mol. The van der Waals surface area contributed by atoms with Crippen molar-refractivity contribution >= 4 is 6.29 Å². The number of carbonyl (C=O) groups excluding carboxylic acids is 1. The van der Waals surface area contributed by atoms with E-state index in [4.69, 9.17) is 4.74 Å². The van der Waals surface area contributed by atoms with E-state index < -0.39 is 0 Å². The zero-order chi connectivity index (χ0) is 10.7. The standard InChI is InChI=1S/C11H14N2O2/c1-15-11-8-5-3-2-4-6-9(8)12-10(7-14)13-11/h7H,2-6H2,1H3. The second kappa shape index (κ2) is 4.38. The van der Waals surface area contributed by atoms with E-state index in [1.165, 1.54) is 6.42 Å². The summed E-state index contributed by atoms with van der Waals surface area (Å²) in [5.74, 6) is 0.802. The first kappa shape index (κ1) is 10.1. The summed E-state index contributed by atoms with van der Waals surface area (Å²) in [6.45, 7) is 0. The van der Waals surface area contributed by atoms with E-state index in [0.717, 1.165) is 36.9 Å². The summed E-state index contributed by atoms with van der Waals surface area (Å²) in [6, 6.07) is 0. The first-order valence-electron chi connectivity index (χ1n) is 5.24. The van der Waals surface area contributed by atoms with Crippen LogP contribution in [0.25, 0.3) is 0 Å². The van der Waals surface area contributed by atoms with Gasteiger partial charge in [-0.15, -0.1) is 0 Å². The molecule has 0 aliphatic heterocycles. The largest absolute Gasteiger partial charge is 0.481 e. The number of aldehydes is 1. The average molecular weight is 206 g/mol. The van der Waals surface area contributed by atoms with Crippen molar-refractivity contribution in [2.45, 2.75) is 32.1 Å². The molecule has 0 unspecified atom stereocenters. The molecule has 15 heavy (non-hydrogen) atoms. The fourth-order valence-electron chi connectivity index (χ4n) is 1.98. The van der Waals surface area contributed by atoms with Crippen molar-refractivity contribution in [1.82, 2.24) is 9.97 Å².